The van der Waals surface area contributed by atoms with E-state index in [1.165, 1.54) is 16.8 Å². The van der Waals surface area contributed by atoms with Crippen molar-refractivity contribution in [3.8, 4) is 11.3 Å². The average molecular weight is 311 g/mol. The lowest BCUT2D eigenvalue weighted by Crippen LogP contribution is -1.94. The third kappa shape index (κ3) is 1.39. The zero-order valence-corrected chi connectivity index (χ0v) is 10.3. The minimum Gasteiger partial charge on any atom is -0.240 e. The van der Waals surface area contributed by atoms with E-state index in [1.54, 1.807) is 0 Å². The van der Waals surface area contributed by atoms with Crippen molar-refractivity contribution in [2.45, 2.75) is 13.0 Å². The highest BCUT2D eigenvalue weighted by atomic mass is 127. The van der Waals surface area contributed by atoms with E-state index in [2.05, 4.69) is 57.2 Å². The molecule has 0 amide bonds. The van der Waals surface area contributed by atoms with Crippen LogP contribution in [0.2, 0.25) is 0 Å². The summed E-state index contributed by atoms with van der Waals surface area (Å²) in [4.78, 5) is 0. The first-order valence-electron chi connectivity index (χ1n) is 4.97. The van der Waals surface area contributed by atoms with E-state index in [0.717, 1.165) is 23.1 Å². The molecule has 0 bridgehead atoms. The van der Waals surface area contributed by atoms with Crippen LogP contribution in [0.5, 0.6) is 0 Å². The van der Waals surface area contributed by atoms with Crippen LogP contribution in [-0.4, -0.2) is 19.4 Å². The Kier molecular flexibility index (Phi) is 2.23. The number of hydrogen-bond donors (Lipinski definition) is 0. The molecule has 15 heavy (non-hydrogen) atoms. The van der Waals surface area contributed by atoms with Gasteiger partial charge in [0.05, 0.1) is 17.9 Å². The standard InChI is InChI=1S/C11H10IN3/c12-6-5-10-11-9-4-2-1-3-8(9)7-15(11)14-13-10/h1-4H,5-7H2. The van der Waals surface area contributed by atoms with Gasteiger partial charge in [-0.05, 0) is 5.56 Å². The van der Waals surface area contributed by atoms with Crippen LogP contribution in [0.1, 0.15) is 11.3 Å². The first-order valence-corrected chi connectivity index (χ1v) is 6.49. The fourth-order valence-electron chi connectivity index (χ4n) is 2.06. The van der Waals surface area contributed by atoms with E-state index in [9.17, 15) is 0 Å². The lowest BCUT2D eigenvalue weighted by Gasteiger charge is -1.98. The molecule has 1 aliphatic heterocycles. The Morgan fingerprint density at radius 2 is 2.20 bits per heavy atom. The first kappa shape index (κ1) is 9.33. The number of benzene rings is 1. The van der Waals surface area contributed by atoms with Crippen LogP contribution in [0.3, 0.4) is 0 Å². The van der Waals surface area contributed by atoms with E-state index in [-0.39, 0.29) is 0 Å². The van der Waals surface area contributed by atoms with E-state index in [4.69, 9.17) is 0 Å². The molecule has 2 heterocycles. The van der Waals surface area contributed by atoms with Crippen LogP contribution < -0.4 is 0 Å². The van der Waals surface area contributed by atoms with Gasteiger partial charge in [-0.3, -0.25) is 0 Å². The fraction of sp³-hybridized carbons (Fsp3) is 0.273. The Morgan fingerprint density at radius 1 is 1.33 bits per heavy atom. The van der Waals surface area contributed by atoms with Crippen LogP contribution in [0.25, 0.3) is 11.3 Å². The molecule has 4 heteroatoms. The monoisotopic (exact) mass is 311 g/mol. The summed E-state index contributed by atoms with van der Waals surface area (Å²) in [7, 11) is 0. The minimum atomic E-state index is 0.875. The van der Waals surface area contributed by atoms with Crippen LogP contribution >= 0.6 is 22.6 Å². The maximum Gasteiger partial charge on any atom is 0.0925 e. The van der Waals surface area contributed by atoms with Gasteiger partial charge in [-0.15, -0.1) is 5.10 Å². The molecule has 76 valence electrons. The summed E-state index contributed by atoms with van der Waals surface area (Å²) < 4.78 is 3.10. The van der Waals surface area contributed by atoms with Crippen molar-refractivity contribution < 1.29 is 0 Å². The van der Waals surface area contributed by atoms with E-state index < -0.39 is 0 Å². The normalized spacial score (nSPS) is 12.6. The zero-order valence-electron chi connectivity index (χ0n) is 8.15. The van der Waals surface area contributed by atoms with Crippen LogP contribution in [0, 0.1) is 0 Å². The molecule has 0 radical (unpaired) electrons. The first-order chi connectivity index (χ1) is 7.40. The topological polar surface area (TPSA) is 30.7 Å². The van der Waals surface area contributed by atoms with Crippen molar-refractivity contribution >= 4 is 22.6 Å². The zero-order chi connectivity index (χ0) is 10.3. The minimum absolute atomic E-state index is 0.875. The molecule has 1 aliphatic rings. The summed E-state index contributed by atoms with van der Waals surface area (Å²) in [6.07, 6.45) is 1.00. The molecule has 0 saturated carbocycles. The van der Waals surface area contributed by atoms with Gasteiger partial charge in [-0.2, -0.15) is 0 Å². The van der Waals surface area contributed by atoms with Gasteiger partial charge in [0.2, 0.25) is 0 Å². The van der Waals surface area contributed by atoms with Gasteiger partial charge < -0.3 is 0 Å². The second kappa shape index (κ2) is 3.59. The van der Waals surface area contributed by atoms with Gasteiger partial charge in [-0.25, -0.2) is 4.68 Å². The number of alkyl halides is 1. The Morgan fingerprint density at radius 3 is 3.07 bits per heavy atom. The number of nitrogens with zero attached hydrogens (tertiary/aromatic N) is 3. The highest BCUT2D eigenvalue weighted by molar-refractivity contribution is 14.1. The molecule has 0 atom stereocenters. The molecule has 1 aromatic heterocycles. The average Bonchev–Trinajstić information content (AvgIpc) is 2.78. The molecule has 0 N–H and O–H groups in total. The largest absolute Gasteiger partial charge is 0.240 e. The Labute approximate surface area is 102 Å². The number of fused-ring (bicyclic) bond motifs is 3. The number of hydrogen-bond acceptors (Lipinski definition) is 2. The van der Waals surface area contributed by atoms with Crippen molar-refractivity contribution in [3.63, 3.8) is 0 Å². The summed E-state index contributed by atoms with van der Waals surface area (Å²) in [6, 6.07) is 8.48. The molecule has 3 rings (SSSR count). The molecule has 0 fully saturated rings. The van der Waals surface area contributed by atoms with Gasteiger partial charge >= 0.3 is 0 Å². The van der Waals surface area contributed by atoms with Gasteiger partial charge in [0.15, 0.2) is 0 Å². The highest BCUT2D eigenvalue weighted by Gasteiger charge is 2.22. The smallest absolute Gasteiger partial charge is 0.0925 e. The van der Waals surface area contributed by atoms with Crippen molar-refractivity contribution in [1.29, 1.82) is 0 Å². The number of halogens is 1. The van der Waals surface area contributed by atoms with Crippen molar-refractivity contribution in [2.75, 3.05) is 4.43 Å². The molecule has 1 aromatic carbocycles. The van der Waals surface area contributed by atoms with Gasteiger partial charge in [0.1, 0.15) is 0 Å². The Hall–Kier alpha value is -0.910. The molecule has 0 saturated heterocycles. The van der Waals surface area contributed by atoms with Crippen LogP contribution in [0.4, 0.5) is 0 Å². The Bertz CT molecular complexity index is 504. The quantitative estimate of drug-likeness (QED) is 0.537. The van der Waals surface area contributed by atoms with E-state index in [0.29, 0.717) is 0 Å². The lowest BCUT2D eigenvalue weighted by atomic mass is 10.1. The maximum absolute atomic E-state index is 4.23. The Balaban J connectivity index is 2.16. The van der Waals surface area contributed by atoms with E-state index >= 15 is 0 Å². The third-order valence-corrected chi connectivity index (χ3v) is 3.27. The summed E-state index contributed by atoms with van der Waals surface area (Å²) >= 11 is 2.38. The van der Waals surface area contributed by atoms with Gasteiger partial charge in [-0.1, -0.05) is 52.1 Å². The summed E-state index contributed by atoms with van der Waals surface area (Å²) in [5.41, 5.74) is 5.02. The number of aromatic nitrogens is 3. The molecule has 0 aliphatic carbocycles. The van der Waals surface area contributed by atoms with Gasteiger partial charge in [0, 0.05) is 16.4 Å². The molecular weight excluding hydrogens is 301 g/mol. The van der Waals surface area contributed by atoms with Crippen LogP contribution in [-0.2, 0) is 13.0 Å². The fourth-order valence-corrected chi connectivity index (χ4v) is 2.57. The van der Waals surface area contributed by atoms with Crippen molar-refractivity contribution in [2.24, 2.45) is 0 Å². The predicted molar refractivity (Wildman–Crippen MR) is 67.2 cm³/mol. The number of rotatable bonds is 2. The van der Waals surface area contributed by atoms with Crippen LogP contribution in [0.15, 0.2) is 24.3 Å². The van der Waals surface area contributed by atoms with Crippen molar-refractivity contribution in [3.05, 3.63) is 35.5 Å². The highest BCUT2D eigenvalue weighted by Crippen LogP contribution is 2.32. The summed E-state index contributed by atoms with van der Waals surface area (Å²) in [5.74, 6) is 0. The molecule has 3 nitrogen and oxygen atoms in total. The second-order valence-electron chi connectivity index (χ2n) is 3.64. The molecule has 0 spiro atoms. The SMILES string of the molecule is ICCc1nnn2c1-c1ccccc1C2. The molecule has 0 unspecified atom stereocenters. The third-order valence-electron chi connectivity index (χ3n) is 2.73. The molecular formula is C11H10IN3. The van der Waals surface area contributed by atoms with E-state index in [1.807, 2.05) is 4.68 Å². The maximum atomic E-state index is 4.23. The molecule has 2 aromatic rings. The van der Waals surface area contributed by atoms with Gasteiger partial charge in [0.25, 0.3) is 0 Å². The summed E-state index contributed by atoms with van der Waals surface area (Å²) in [5, 5.41) is 8.43. The number of aryl methyl sites for hydroxylation is 1. The lowest BCUT2D eigenvalue weighted by molar-refractivity contribution is 0.674. The summed E-state index contributed by atoms with van der Waals surface area (Å²) in [6.45, 7) is 0.875. The predicted octanol–water partition coefficient (Wildman–Crippen LogP) is 2.28. The van der Waals surface area contributed by atoms with Crippen molar-refractivity contribution in [1.82, 2.24) is 15.0 Å². The second-order valence-corrected chi connectivity index (χ2v) is 4.72.